The molecule has 6 nitrogen and oxygen atoms in total. The van der Waals surface area contributed by atoms with Crippen LogP contribution in [0.25, 0.3) is 22.4 Å². The van der Waals surface area contributed by atoms with Crippen molar-refractivity contribution in [3.8, 4) is 28.5 Å². The molecule has 0 saturated heterocycles. The Morgan fingerprint density at radius 1 is 1.07 bits per heavy atom. The number of carbonyl (C=O) groups is 1. The van der Waals surface area contributed by atoms with Crippen molar-refractivity contribution in [2.45, 2.75) is 13.5 Å². The minimum atomic E-state index is -0.621. The van der Waals surface area contributed by atoms with Gasteiger partial charge in [-0.1, -0.05) is 60.7 Å². The van der Waals surface area contributed by atoms with Crippen LogP contribution in [0.2, 0.25) is 0 Å². The van der Waals surface area contributed by atoms with E-state index in [0.29, 0.717) is 16.8 Å². The average Bonchev–Trinajstić information content (AvgIpc) is 2.70. The lowest BCUT2D eigenvalue weighted by Gasteiger charge is -2.14. The maximum Gasteiger partial charge on any atom is 0.327 e. The van der Waals surface area contributed by atoms with Gasteiger partial charge in [-0.3, -0.25) is 9.59 Å². The topological polar surface area (TPSA) is 85.0 Å². The molecule has 0 amide bonds. The van der Waals surface area contributed by atoms with Gasteiger partial charge in [0.15, 0.2) is 0 Å². The van der Waals surface area contributed by atoms with Crippen molar-refractivity contribution in [2.75, 3.05) is 6.61 Å². The number of nitrogens with zero attached hydrogens (tertiary/aromatic N) is 3. The van der Waals surface area contributed by atoms with Crippen molar-refractivity contribution in [3.63, 3.8) is 0 Å². The zero-order chi connectivity index (χ0) is 19.2. The van der Waals surface area contributed by atoms with Crippen LogP contribution in [-0.4, -0.2) is 22.4 Å². The minimum Gasteiger partial charge on any atom is -0.465 e. The summed E-state index contributed by atoms with van der Waals surface area (Å²) in [5.74, 6) is -0.581. The van der Waals surface area contributed by atoms with Gasteiger partial charge in [-0.25, -0.2) is 4.68 Å². The standard InChI is InChI=1S/C21H17N3O3/c1-2-27-18(25)14-24-21(26)17(13-22)19(15-9-5-3-6-10-15)20(23-24)16-11-7-4-8-12-16/h3-12H,2,14H2,1H3. The fourth-order valence-electron chi connectivity index (χ4n) is 2.79. The van der Waals surface area contributed by atoms with Gasteiger partial charge in [0.1, 0.15) is 23.9 Å². The van der Waals surface area contributed by atoms with Crippen molar-refractivity contribution in [1.82, 2.24) is 9.78 Å². The highest BCUT2D eigenvalue weighted by Crippen LogP contribution is 2.31. The summed E-state index contributed by atoms with van der Waals surface area (Å²) >= 11 is 0. The Morgan fingerprint density at radius 3 is 2.22 bits per heavy atom. The van der Waals surface area contributed by atoms with E-state index in [-0.39, 0.29) is 18.7 Å². The lowest BCUT2D eigenvalue weighted by Crippen LogP contribution is -2.30. The maximum atomic E-state index is 12.8. The molecular formula is C21H17N3O3. The van der Waals surface area contributed by atoms with E-state index in [1.807, 2.05) is 66.7 Å². The number of rotatable bonds is 5. The van der Waals surface area contributed by atoms with Gasteiger partial charge in [-0.2, -0.15) is 10.4 Å². The van der Waals surface area contributed by atoms with Crippen molar-refractivity contribution in [2.24, 2.45) is 0 Å². The summed E-state index contributed by atoms with van der Waals surface area (Å²) in [5.41, 5.74) is 1.69. The number of hydrogen-bond acceptors (Lipinski definition) is 5. The molecule has 0 saturated carbocycles. The smallest absolute Gasteiger partial charge is 0.327 e. The largest absolute Gasteiger partial charge is 0.465 e. The lowest BCUT2D eigenvalue weighted by molar-refractivity contribution is -0.144. The summed E-state index contributed by atoms with van der Waals surface area (Å²) in [6.07, 6.45) is 0. The summed E-state index contributed by atoms with van der Waals surface area (Å²) in [4.78, 5) is 24.6. The Labute approximate surface area is 156 Å². The molecule has 1 aromatic heterocycles. The zero-order valence-electron chi connectivity index (χ0n) is 14.8. The first-order chi connectivity index (χ1) is 13.2. The van der Waals surface area contributed by atoms with Crippen LogP contribution in [-0.2, 0) is 16.1 Å². The number of carbonyl (C=O) groups excluding carboxylic acids is 1. The molecule has 2 aromatic carbocycles. The van der Waals surface area contributed by atoms with Gasteiger partial charge >= 0.3 is 5.97 Å². The number of aromatic nitrogens is 2. The Balaban J connectivity index is 2.29. The van der Waals surface area contributed by atoms with Gasteiger partial charge < -0.3 is 4.74 Å². The third kappa shape index (κ3) is 3.77. The van der Waals surface area contributed by atoms with Crippen LogP contribution < -0.4 is 5.56 Å². The Morgan fingerprint density at radius 2 is 1.67 bits per heavy atom. The highest BCUT2D eigenvalue weighted by Gasteiger charge is 2.21. The predicted octanol–water partition coefficient (Wildman–Crippen LogP) is 3.01. The second-order valence-corrected chi connectivity index (χ2v) is 5.71. The van der Waals surface area contributed by atoms with E-state index in [1.54, 1.807) is 6.92 Å². The summed E-state index contributed by atoms with van der Waals surface area (Å²) in [6, 6.07) is 20.4. The molecule has 0 spiro atoms. The molecular weight excluding hydrogens is 342 g/mol. The molecule has 0 fully saturated rings. The molecule has 0 N–H and O–H groups in total. The van der Waals surface area contributed by atoms with E-state index < -0.39 is 11.5 Å². The highest BCUT2D eigenvalue weighted by molar-refractivity contribution is 5.84. The number of nitriles is 1. The van der Waals surface area contributed by atoms with Crippen LogP contribution in [0.5, 0.6) is 0 Å². The Hall–Kier alpha value is -3.72. The molecule has 0 atom stereocenters. The van der Waals surface area contributed by atoms with Gasteiger partial charge in [0.2, 0.25) is 0 Å². The fourth-order valence-corrected chi connectivity index (χ4v) is 2.79. The van der Waals surface area contributed by atoms with Crippen molar-refractivity contribution < 1.29 is 9.53 Å². The first-order valence-corrected chi connectivity index (χ1v) is 8.47. The third-order valence-corrected chi connectivity index (χ3v) is 3.96. The van der Waals surface area contributed by atoms with E-state index >= 15 is 0 Å². The maximum absolute atomic E-state index is 12.8. The lowest BCUT2D eigenvalue weighted by atomic mass is 9.96. The second-order valence-electron chi connectivity index (χ2n) is 5.71. The SMILES string of the molecule is CCOC(=O)Cn1nc(-c2ccccc2)c(-c2ccccc2)c(C#N)c1=O. The molecule has 1 heterocycles. The van der Waals surface area contributed by atoms with Crippen LogP contribution in [0.1, 0.15) is 12.5 Å². The monoisotopic (exact) mass is 359 g/mol. The zero-order valence-corrected chi connectivity index (χ0v) is 14.8. The van der Waals surface area contributed by atoms with Crippen LogP contribution in [0, 0.1) is 11.3 Å². The molecule has 0 unspecified atom stereocenters. The Kier molecular flexibility index (Phi) is 5.43. The molecule has 0 aliphatic heterocycles. The van der Waals surface area contributed by atoms with Gasteiger partial charge in [-0.05, 0) is 12.5 Å². The molecule has 0 aliphatic carbocycles. The van der Waals surface area contributed by atoms with E-state index in [4.69, 9.17) is 4.74 Å². The number of benzene rings is 2. The van der Waals surface area contributed by atoms with E-state index in [9.17, 15) is 14.9 Å². The molecule has 27 heavy (non-hydrogen) atoms. The van der Waals surface area contributed by atoms with Crippen molar-refractivity contribution in [3.05, 3.63) is 76.6 Å². The quantitative estimate of drug-likeness (QED) is 0.654. The third-order valence-electron chi connectivity index (χ3n) is 3.96. The molecule has 6 heteroatoms. The van der Waals surface area contributed by atoms with Crippen LogP contribution in [0.15, 0.2) is 65.5 Å². The number of esters is 1. The highest BCUT2D eigenvalue weighted by atomic mass is 16.5. The van der Waals surface area contributed by atoms with Gasteiger partial charge in [0.05, 0.1) is 6.61 Å². The van der Waals surface area contributed by atoms with Crippen molar-refractivity contribution >= 4 is 5.97 Å². The van der Waals surface area contributed by atoms with Gasteiger partial charge in [0, 0.05) is 11.1 Å². The predicted molar refractivity (Wildman–Crippen MR) is 101 cm³/mol. The van der Waals surface area contributed by atoms with Gasteiger partial charge in [0.25, 0.3) is 5.56 Å². The molecule has 0 aliphatic rings. The van der Waals surface area contributed by atoms with E-state index in [1.165, 1.54) is 0 Å². The average molecular weight is 359 g/mol. The van der Waals surface area contributed by atoms with Crippen molar-refractivity contribution in [1.29, 1.82) is 5.26 Å². The van der Waals surface area contributed by atoms with Crippen LogP contribution in [0.3, 0.4) is 0 Å². The molecule has 3 aromatic rings. The molecule has 3 rings (SSSR count). The first-order valence-electron chi connectivity index (χ1n) is 8.47. The second kappa shape index (κ2) is 8.11. The van der Waals surface area contributed by atoms with E-state index in [2.05, 4.69) is 5.10 Å². The van der Waals surface area contributed by atoms with Crippen LogP contribution >= 0.6 is 0 Å². The summed E-state index contributed by atoms with van der Waals surface area (Å²) in [7, 11) is 0. The fraction of sp³-hybridized carbons (Fsp3) is 0.143. The van der Waals surface area contributed by atoms with Gasteiger partial charge in [-0.15, -0.1) is 0 Å². The number of hydrogen-bond donors (Lipinski definition) is 0. The van der Waals surface area contributed by atoms with Crippen LogP contribution in [0.4, 0.5) is 0 Å². The first kappa shape index (κ1) is 18.1. The summed E-state index contributed by atoms with van der Waals surface area (Å²) in [5, 5.41) is 14.1. The molecule has 134 valence electrons. The molecule has 0 bridgehead atoms. The Bertz CT molecular complexity index is 1050. The minimum absolute atomic E-state index is 0.0562. The number of ether oxygens (including phenoxy) is 1. The summed E-state index contributed by atoms with van der Waals surface area (Å²) < 4.78 is 5.90. The summed E-state index contributed by atoms with van der Waals surface area (Å²) in [6.45, 7) is 1.53. The normalized spacial score (nSPS) is 10.2. The van der Waals surface area contributed by atoms with E-state index in [0.717, 1.165) is 10.2 Å². The molecule has 0 radical (unpaired) electrons.